The van der Waals surface area contributed by atoms with Gasteiger partial charge in [-0.25, -0.2) is 4.98 Å². The highest BCUT2D eigenvalue weighted by Crippen LogP contribution is 2.16. The maximum absolute atomic E-state index is 12.7. The molecule has 3 aromatic carbocycles. The number of benzene rings is 3. The molecule has 0 aliphatic carbocycles. The fourth-order valence-electron chi connectivity index (χ4n) is 3.63. The summed E-state index contributed by atoms with van der Waals surface area (Å²) < 4.78 is 7.01. The Kier molecular flexibility index (Phi) is 6.69. The molecule has 0 unspecified atom stereocenters. The molecule has 7 nitrogen and oxygen atoms in total. The lowest BCUT2D eigenvalue weighted by Crippen LogP contribution is -2.29. The van der Waals surface area contributed by atoms with Gasteiger partial charge in [-0.15, -0.1) is 0 Å². The van der Waals surface area contributed by atoms with Gasteiger partial charge in [-0.05, 0) is 48.9 Å². The fraction of sp³-hybridized carbons (Fsp3) is 0.192. The summed E-state index contributed by atoms with van der Waals surface area (Å²) in [4.78, 5) is 30.0. The van der Waals surface area contributed by atoms with Crippen LogP contribution in [-0.4, -0.2) is 28.5 Å². The number of aromatic nitrogens is 2. The van der Waals surface area contributed by atoms with Gasteiger partial charge in [-0.3, -0.25) is 9.59 Å². The van der Waals surface area contributed by atoms with Gasteiger partial charge in [0.25, 0.3) is 5.91 Å². The van der Waals surface area contributed by atoms with Gasteiger partial charge < -0.3 is 19.9 Å². The van der Waals surface area contributed by atoms with Crippen molar-refractivity contribution < 1.29 is 14.3 Å². The van der Waals surface area contributed by atoms with E-state index in [-0.39, 0.29) is 24.9 Å². The van der Waals surface area contributed by atoms with Crippen LogP contribution in [0.5, 0.6) is 5.75 Å². The molecule has 0 atom stereocenters. The van der Waals surface area contributed by atoms with Crippen LogP contribution in [0.3, 0.4) is 0 Å². The smallest absolute Gasteiger partial charge is 0.251 e. The van der Waals surface area contributed by atoms with Gasteiger partial charge in [-0.2, -0.15) is 0 Å². The van der Waals surface area contributed by atoms with Crippen molar-refractivity contribution in [2.45, 2.75) is 26.6 Å². The summed E-state index contributed by atoms with van der Waals surface area (Å²) in [7, 11) is 1.62. The number of nitrogens with one attached hydrogen (secondary N) is 2. The molecule has 0 saturated carbocycles. The third kappa shape index (κ3) is 5.38. The third-order valence-corrected chi connectivity index (χ3v) is 5.37. The zero-order valence-electron chi connectivity index (χ0n) is 18.7. The van der Waals surface area contributed by atoms with E-state index in [1.54, 1.807) is 13.2 Å². The molecule has 0 radical (unpaired) electrons. The van der Waals surface area contributed by atoms with E-state index in [9.17, 15) is 9.59 Å². The summed E-state index contributed by atoms with van der Waals surface area (Å²) in [6.07, 6.45) is 0. The minimum Gasteiger partial charge on any atom is -0.497 e. The van der Waals surface area contributed by atoms with Crippen LogP contribution in [0.15, 0.2) is 72.8 Å². The molecule has 1 heterocycles. The molecular formula is C26H26N4O3. The highest BCUT2D eigenvalue weighted by atomic mass is 16.5. The summed E-state index contributed by atoms with van der Waals surface area (Å²) in [6, 6.07) is 22.6. The molecule has 4 rings (SSSR count). The molecule has 0 spiro atoms. The fourth-order valence-corrected chi connectivity index (χ4v) is 3.63. The van der Waals surface area contributed by atoms with Crippen LogP contribution in [0.1, 0.15) is 27.3 Å². The number of rotatable bonds is 8. The second-order valence-corrected chi connectivity index (χ2v) is 7.78. The first-order chi connectivity index (χ1) is 16.0. The number of para-hydroxylation sites is 2. The molecule has 0 aliphatic rings. The number of nitrogens with zero attached hydrogens (tertiary/aromatic N) is 2. The standard InChI is InChI=1S/C26H26N4O3/c1-18-6-5-7-20(14-18)26(32)28-16-24-29-22-8-3-4-9-23(22)30(24)17-25(31)27-15-19-10-12-21(33-2)13-11-19/h3-14H,15-17H2,1-2H3,(H,27,31)(H,28,32). The van der Waals surface area contributed by atoms with E-state index in [0.717, 1.165) is 27.9 Å². The molecule has 4 aromatic rings. The highest BCUT2D eigenvalue weighted by molar-refractivity contribution is 5.94. The van der Waals surface area contributed by atoms with E-state index >= 15 is 0 Å². The number of fused-ring (bicyclic) bond motifs is 1. The molecule has 7 heteroatoms. The van der Waals surface area contributed by atoms with Crippen LogP contribution in [0.4, 0.5) is 0 Å². The van der Waals surface area contributed by atoms with E-state index in [4.69, 9.17) is 4.74 Å². The molecular weight excluding hydrogens is 416 g/mol. The van der Waals surface area contributed by atoms with Crippen molar-refractivity contribution >= 4 is 22.8 Å². The van der Waals surface area contributed by atoms with Crippen molar-refractivity contribution in [1.82, 2.24) is 20.2 Å². The van der Waals surface area contributed by atoms with Crippen molar-refractivity contribution in [3.05, 3.63) is 95.3 Å². The predicted molar refractivity (Wildman–Crippen MR) is 127 cm³/mol. The van der Waals surface area contributed by atoms with E-state index in [0.29, 0.717) is 17.9 Å². The number of ether oxygens (including phenoxy) is 1. The average molecular weight is 443 g/mol. The van der Waals surface area contributed by atoms with Crippen LogP contribution in [0.25, 0.3) is 11.0 Å². The number of amides is 2. The average Bonchev–Trinajstić information content (AvgIpc) is 3.18. The van der Waals surface area contributed by atoms with Gasteiger partial charge in [0, 0.05) is 12.1 Å². The minimum absolute atomic E-state index is 0.103. The monoisotopic (exact) mass is 442 g/mol. The maximum Gasteiger partial charge on any atom is 0.251 e. The van der Waals surface area contributed by atoms with Crippen molar-refractivity contribution in [1.29, 1.82) is 0 Å². The first-order valence-electron chi connectivity index (χ1n) is 10.7. The van der Waals surface area contributed by atoms with E-state index in [1.165, 1.54) is 0 Å². The van der Waals surface area contributed by atoms with Gasteiger partial charge in [0.1, 0.15) is 18.1 Å². The second-order valence-electron chi connectivity index (χ2n) is 7.78. The van der Waals surface area contributed by atoms with Crippen LogP contribution in [0, 0.1) is 6.92 Å². The van der Waals surface area contributed by atoms with Gasteiger partial charge in [0.15, 0.2) is 0 Å². The lowest BCUT2D eigenvalue weighted by Gasteiger charge is -2.11. The van der Waals surface area contributed by atoms with Gasteiger partial charge in [0.2, 0.25) is 5.91 Å². The second kappa shape index (κ2) is 9.99. The Bertz CT molecular complexity index is 1280. The largest absolute Gasteiger partial charge is 0.497 e. The molecule has 0 aliphatic heterocycles. The minimum atomic E-state index is -0.179. The molecule has 2 amide bonds. The van der Waals surface area contributed by atoms with Crippen LogP contribution in [0.2, 0.25) is 0 Å². The lowest BCUT2D eigenvalue weighted by molar-refractivity contribution is -0.121. The first-order valence-corrected chi connectivity index (χ1v) is 10.7. The summed E-state index contributed by atoms with van der Waals surface area (Å²) in [5, 5.41) is 5.87. The van der Waals surface area contributed by atoms with Crippen molar-refractivity contribution in [2.24, 2.45) is 0 Å². The lowest BCUT2D eigenvalue weighted by atomic mass is 10.1. The topological polar surface area (TPSA) is 85.2 Å². The SMILES string of the molecule is COc1ccc(CNC(=O)Cn2c(CNC(=O)c3cccc(C)c3)nc3ccccc32)cc1. The van der Waals surface area contributed by atoms with E-state index < -0.39 is 0 Å². The molecule has 33 heavy (non-hydrogen) atoms. The summed E-state index contributed by atoms with van der Waals surface area (Å²) in [5.74, 6) is 1.07. The highest BCUT2D eigenvalue weighted by Gasteiger charge is 2.15. The van der Waals surface area contributed by atoms with Crippen LogP contribution in [-0.2, 0) is 24.4 Å². The number of carbonyl (C=O) groups excluding carboxylic acids is 2. The maximum atomic E-state index is 12.7. The molecule has 168 valence electrons. The number of hydrogen-bond acceptors (Lipinski definition) is 4. The summed E-state index contributed by atoms with van der Waals surface area (Å²) in [5.41, 5.74) is 4.21. The van der Waals surface area contributed by atoms with Gasteiger partial charge >= 0.3 is 0 Å². The summed E-state index contributed by atoms with van der Waals surface area (Å²) in [6.45, 7) is 2.68. The zero-order valence-corrected chi connectivity index (χ0v) is 18.7. The number of imidazole rings is 1. The van der Waals surface area contributed by atoms with Crippen LogP contribution < -0.4 is 15.4 Å². The number of methoxy groups -OCH3 is 1. The Labute approximate surface area is 192 Å². The number of hydrogen-bond donors (Lipinski definition) is 2. The first kappa shape index (κ1) is 22.1. The third-order valence-electron chi connectivity index (χ3n) is 5.37. The van der Waals surface area contributed by atoms with Crippen molar-refractivity contribution in [2.75, 3.05) is 7.11 Å². The van der Waals surface area contributed by atoms with E-state index in [1.807, 2.05) is 78.2 Å². The molecule has 1 aromatic heterocycles. The Morgan fingerprint density at radius 1 is 0.939 bits per heavy atom. The Hall–Kier alpha value is -4.13. The van der Waals surface area contributed by atoms with Crippen LogP contribution >= 0.6 is 0 Å². The Morgan fingerprint density at radius 2 is 1.73 bits per heavy atom. The zero-order chi connectivity index (χ0) is 23.2. The molecule has 2 N–H and O–H groups in total. The quantitative estimate of drug-likeness (QED) is 0.437. The normalized spacial score (nSPS) is 10.7. The van der Waals surface area contributed by atoms with Gasteiger partial charge in [-0.1, -0.05) is 42.0 Å². The molecule has 0 bridgehead atoms. The predicted octanol–water partition coefficient (Wildman–Crippen LogP) is 3.60. The molecule has 0 saturated heterocycles. The number of aryl methyl sites for hydroxylation is 1. The Morgan fingerprint density at radius 3 is 2.48 bits per heavy atom. The van der Waals surface area contributed by atoms with Crippen molar-refractivity contribution in [3.8, 4) is 5.75 Å². The van der Waals surface area contributed by atoms with E-state index in [2.05, 4.69) is 15.6 Å². The summed E-state index contributed by atoms with van der Waals surface area (Å²) >= 11 is 0. The molecule has 0 fully saturated rings. The van der Waals surface area contributed by atoms with Crippen molar-refractivity contribution in [3.63, 3.8) is 0 Å². The number of carbonyl (C=O) groups is 2. The Balaban J connectivity index is 1.46. The van der Waals surface area contributed by atoms with Gasteiger partial charge in [0.05, 0.1) is 24.7 Å².